The van der Waals surface area contributed by atoms with Gasteiger partial charge in [-0.1, -0.05) is 26.0 Å². The molecule has 274 valence electrons. The van der Waals surface area contributed by atoms with Gasteiger partial charge in [0.15, 0.2) is 5.96 Å². The van der Waals surface area contributed by atoms with Gasteiger partial charge in [-0.05, 0) is 74.9 Å². The Kier molecular flexibility index (Phi) is 12.9. The number of nitrogens with zero attached hydrogens (tertiary/aromatic N) is 4. The lowest BCUT2D eigenvalue weighted by molar-refractivity contribution is -0.137. The number of carbonyl (C=O) groups is 2. The molecule has 3 aliphatic rings. The van der Waals surface area contributed by atoms with Crippen LogP contribution in [-0.2, 0) is 11.0 Å². The number of anilines is 1. The van der Waals surface area contributed by atoms with E-state index in [1.54, 1.807) is 17.1 Å². The van der Waals surface area contributed by atoms with Gasteiger partial charge in [0.25, 0.3) is 11.8 Å². The van der Waals surface area contributed by atoms with Crippen molar-refractivity contribution in [3.8, 4) is 5.75 Å². The van der Waals surface area contributed by atoms with Crippen LogP contribution in [0.5, 0.6) is 5.75 Å². The topological polar surface area (TPSA) is 102 Å². The smallest absolute Gasteiger partial charge is 0.416 e. The molecule has 2 heterocycles. The van der Waals surface area contributed by atoms with Gasteiger partial charge in [0, 0.05) is 92.6 Å². The molecule has 2 amide bonds. The summed E-state index contributed by atoms with van der Waals surface area (Å²) in [5.74, 6) is 0.478. The van der Waals surface area contributed by atoms with Gasteiger partial charge in [-0.15, -0.1) is 0 Å². The first-order valence-electron chi connectivity index (χ1n) is 17.6. The van der Waals surface area contributed by atoms with Crippen LogP contribution < -0.4 is 20.7 Å². The molecule has 0 spiro atoms. The third-order valence-corrected chi connectivity index (χ3v) is 9.06. The molecule has 3 N–H and O–H groups in total. The number of hydrogen-bond donors (Lipinski definition) is 3. The number of halogens is 3. The highest BCUT2D eigenvalue weighted by Crippen LogP contribution is 2.31. The lowest BCUT2D eigenvalue weighted by Gasteiger charge is -2.33. The zero-order valence-corrected chi connectivity index (χ0v) is 29.6. The van der Waals surface area contributed by atoms with Crippen molar-refractivity contribution in [3.05, 3.63) is 95.0 Å². The van der Waals surface area contributed by atoms with Crippen molar-refractivity contribution in [3.63, 3.8) is 0 Å². The van der Waals surface area contributed by atoms with E-state index >= 15 is 0 Å². The average Bonchev–Trinajstić information content (AvgIpc) is 3.11. The number of guanidine groups is 1. The first kappa shape index (κ1) is 37.6. The molecule has 1 unspecified atom stereocenters. The number of allylic oxidation sites excluding steroid dienone is 3. The fourth-order valence-corrected chi connectivity index (χ4v) is 6.06. The van der Waals surface area contributed by atoms with E-state index < -0.39 is 17.6 Å². The highest BCUT2D eigenvalue weighted by Gasteiger charge is 2.31. The van der Waals surface area contributed by atoms with E-state index in [1.165, 1.54) is 12.1 Å². The summed E-state index contributed by atoms with van der Waals surface area (Å²) in [6.07, 6.45) is 3.46. The molecule has 1 saturated heterocycles. The van der Waals surface area contributed by atoms with Crippen molar-refractivity contribution in [2.75, 3.05) is 64.8 Å². The molecular formula is C38H48F3N7O3. The van der Waals surface area contributed by atoms with Crippen molar-refractivity contribution in [1.29, 1.82) is 0 Å². The zero-order valence-electron chi connectivity index (χ0n) is 29.6. The maximum atomic E-state index is 13.4. The lowest BCUT2D eigenvalue weighted by Crippen LogP contribution is -2.44. The SMILES string of the molecule is CCCN=C(NC1=CC(=O)N(C2=CC(NC(=O)c3cccc(C(F)(F)F)c3)=CCC2C)CC1)Nc1ccc(OCCCN2CCN(C)CC2)cc1. The predicted octanol–water partition coefficient (Wildman–Crippen LogP) is 5.84. The van der Waals surface area contributed by atoms with E-state index in [-0.39, 0.29) is 17.4 Å². The molecule has 2 aliphatic heterocycles. The maximum absolute atomic E-state index is 13.4. The standard InChI is InChI=1S/C38H48F3N7O3/c1-4-16-42-37(44-30-11-13-33(14-12-30)51-23-6-17-47-21-19-46(3)20-22-47)45-32-15-18-48(35(49)26-32)34-25-31(10-9-27(34)2)43-36(50)28-7-5-8-29(24-28)38(39,40)41/h5,7-8,10-14,24-27H,4,6,9,15-23H2,1-3H3,(H,43,50)(H2,42,44,45). The van der Waals surface area contributed by atoms with E-state index in [9.17, 15) is 22.8 Å². The first-order chi connectivity index (χ1) is 24.5. The molecular weight excluding hydrogens is 659 g/mol. The number of rotatable bonds is 12. The van der Waals surface area contributed by atoms with Crippen LogP contribution in [0.1, 0.15) is 55.5 Å². The maximum Gasteiger partial charge on any atom is 0.416 e. The van der Waals surface area contributed by atoms with Gasteiger partial charge in [-0.3, -0.25) is 14.6 Å². The normalized spacial score (nSPS) is 19.2. The van der Waals surface area contributed by atoms with Crippen LogP contribution in [0.25, 0.3) is 0 Å². The van der Waals surface area contributed by atoms with Crippen LogP contribution in [0, 0.1) is 5.92 Å². The lowest BCUT2D eigenvalue weighted by atomic mass is 9.95. The predicted molar refractivity (Wildman–Crippen MR) is 193 cm³/mol. The molecule has 0 bridgehead atoms. The average molecular weight is 708 g/mol. The molecule has 13 heteroatoms. The highest BCUT2D eigenvalue weighted by atomic mass is 19.4. The van der Waals surface area contributed by atoms with E-state index in [2.05, 4.69) is 37.8 Å². The minimum Gasteiger partial charge on any atom is -0.494 e. The minimum absolute atomic E-state index is 0.00156. The fourth-order valence-electron chi connectivity index (χ4n) is 6.06. The quantitative estimate of drug-likeness (QED) is 0.145. The van der Waals surface area contributed by atoms with Gasteiger partial charge < -0.3 is 35.4 Å². The molecule has 0 radical (unpaired) electrons. The zero-order chi connectivity index (χ0) is 36.4. The molecule has 5 rings (SSSR count). The monoisotopic (exact) mass is 707 g/mol. The van der Waals surface area contributed by atoms with Gasteiger partial charge in [-0.2, -0.15) is 13.2 Å². The Balaban J connectivity index is 1.15. The summed E-state index contributed by atoms with van der Waals surface area (Å²) in [5.41, 5.74) is 1.73. The number of carbonyl (C=O) groups excluding carboxylic acids is 2. The number of likely N-dealkylation sites (N-methyl/N-ethyl adjacent to an activating group) is 1. The second-order valence-electron chi connectivity index (χ2n) is 13.2. The van der Waals surface area contributed by atoms with Gasteiger partial charge >= 0.3 is 6.18 Å². The Bertz CT molecular complexity index is 1640. The van der Waals surface area contributed by atoms with Gasteiger partial charge in [0.05, 0.1) is 12.2 Å². The largest absolute Gasteiger partial charge is 0.494 e. The Labute approximate surface area is 298 Å². The highest BCUT2D eigenvalue weighted by molar-refractivity contribution is 5.97. The summed E-state index contributed by atoms with van der Waals surface area (Å²) in [4.78, 5) is 37.4. The Morgan fingerprint density at radius 3 is 2.47 bits per heavy atom. The van der Waals surface area contributed by atoms with Crippen LogP contribution >= 0.6 is 0 Å². The summed E-state index contributed by atoms with van der Waals surface area (Å²) >= 11 is 0. The molecule has 2 aromatic carbocycles. The Morgan fingerprint density at radius 2 is 1.76 bits per heavy atom. The second-order valence-corrected chi connectivity index (χ2v) is 13.2. The first-order valence-corrected chi connectivity index (χ1v) is 17.6. The molecule has 1 atom stereocenters. The number of alkyl halides is 3. The Hall–Kier alpha value is -4.62. The van der Waals surface area contributed by atoms with E-state index in [0.717, 1.165) is 80.5 Å². The number of ether oxygens (including phenoxy) is 1. The van der Waals surface area contributed by atoms with E-state index in [1.807, 2.05) is 44.2 Å². The van der Waals surface area contributed by atoms with Crippen molar-refractivity contribution in [2.45, 2.75) is 45.7 Å². The van der Waals surface area contributed by atoms with Crippen LogP contribution in [0.2, 0.25) is 0 Å². The van der Waals surface area contributed by atoms with Gasteiger partial charge in [0.2, 0.25) is 0 Å². The van der Waals surface area contributed by atoms with Crippen LogP contribution in [0.15, 0.2) is 88.8 Å². The van der Waals surface area contributed by atoms with Crippen LogP contribution in [-0.4, -0.2) is 91.9 Å². The number of nitrogens with one attached hydrogen (secondary N) is 3. The summed E-state index contributed by atoms with van der Waals surface area (Å²) in [5, 5.41) is 9.35. The number of benzene rings is 2. The molecule has 0 aromatic heterocycles. The van der Waals surface area contributed by atoms with Gasteiger partial charge in [0.1, 0.15) is 5.75 Å². The van der Waals surface area contributed by atoms with Crippen molar-refractivity contribution in [1.82, 2.24) is 25.3 Å². The summed E-state index contributed by atoms with van der Waals surface area (Å²) in [6, 6.07) is 12.0. The minimum atomic E-state index is -4.55. The molecule has 1 fully saturated rings. The molecule has 1 aliphatic carbocycles. The summed E-state index contributed by atoms with van der Waals surface area (Å²) in [6.45, 7) is 11.2. The van der Waals surface area contributed by atoms with Crippen molar-refractivity contribution < 1.29 is 27.5 Å². The second kappa shape index (κ2) is 17.5. The molecule has 51 heavy (non-hydrogen) atoms. The third-order valence-electron chi connectivity index (χ3n) is 9.06. The van der Waals surface area contributed by atoms with Gasteiger partial charge in [-0.25, -0.2) is 0 Å². The van der Waals surface area contributed by atoms with E-state index in [4.69, 9.17) is 4.74 Å². The number of aliphatic imine (C=N–C) groups is 1. The van der Waals surface area contributed by atoms with Crippen molar-refractivity contribution >= 4 is 23.5 Å². The summed E-state index contributed by atoms with van der Waals surface area (Å²) < 4.78 is 45.5. The molecule has 10 nitrogen and oxygen atoms in total. The number of amides is 2. The van der Waals surface area contributed by atoms with Crippen LogP contribution in [0.3, 0.4) is 0 Å². The molecule has 2 aromatic rings. The number of piperazine rings is 1. The van der Waals surface area contributed by atoms with Crippen LogP contribution in [0.4, 0.5) is 18.9 Å². The Morgan fingerprint density at radius 1 is 1.00 bits per heavy atom. The van der Waals surface area contributed by atoms with E-state index in [0.29, 0.717) is 44.2 Å². The summed E-state index contributed by atoms with van der Waals surface area (Å²) in [7, 11) is 2.16. The number of hydrogen-bond acceptors (Lipinski definition) is 6. The fraction of sp³-hybridized carbons (Fsp3) is 0.447. The van der Waals surface area contributed by atoms with Crippen molar-refractivity contribution in [2.24, 2.45) is 10.9 Å². The molecule has 0 saturated carbocycles. The third kappa shape index (κ3) is 10.9.